The van der Waals surface area contributed by atoms with Crippen molar-refractivity contribution in [2.75, 3.05) is 18.9 Å². The quantitative estimate of drug-likeness (QED) is 0.813. The molecular weight excluding hydrogens is 230 g/mol. The van der Waals surface area contributed by atoms with Crippen molar-refractivity contribution in [1.82, 2.24) is 5.32 Å². The van der Waals surface area contributed by atoms with Crippen LogP contribution >= 0.6 is 11.8 Å². The maximum absolute atomic E-state index is 5.66. The zero-order valence-electron chi connectivity index (χ0n) is 10.4. The molecule has 94 valence electrons. The summed E-state index contributed by atoms with van der Waals surface area (Å²) in [5.41, 5.74) is 0. The van der Waals surface area contributed by atoms with E-state index in [1.54, 1.807) is 0 Å². The van der Waals surface area contributed by atoms with E-state index in [1.807, 2.05) is 30.3 Å². The third kappa shape index (κ3) is 4.25. The highest BCUT2D eigenvalue weighted by Crippen LogP contribution is 2.24. The fourth-order valence-corrected chi connectivity index (χ4v) is 3.29. The van der Waals surface area contributed by atoms with Gasteiger partial charge in [-0.15, -0.1) is 0 Å². The molecule has 0 amide bonds. The van der Waals surface area contributed by atoms with Gasteiger partial charge in [-0.1, -0.05) is 25.1 Å². The van der Waals surface area contributed by atoms with Crippen LogP contribution in [0.15, 0.2) is 30.3 Å². The van der Waals surface area contributed by atoms with Gasteiger partial charge < -0.3 is 10.1 Å². The van der Waals surface area contributed by atoms with Crippen LogP contribution in [0, 0.1) is 0 Å². The van der Waals surface area contributed by atoms with Gasteiger partial charge in [0, 0.05) is 17.8 Å². The molecule has 1 N–H and O–H groups in total. The van der Waals surface area contributed by atoms with Crippen molar-refractivity contribution in [2.24, 2.45) is 0 Å². The second-order valence-electron chi connectivity index (χ2n) is 4.44. The van der Waals surface area contributed by atoms with Gasteiger partial charge in [-0.05, 0) is 30.7 Å². The maximum Gasteiger partial charge on any atom is 0.119 e. The topological polar surface area (TPSA) is 21.3 Å². The van der Waals surface area contributed by atoms with E-state index >= 15 is 0 Å². The molecule has 2 nitrogen and oxygen atoms in total. The van der Waals surface area contributed by atoms with Crippen molar-refractivity contribution in [3.63, 3.8) is 0 Å². The third-order valence-corrected chi connectivity index (χ3v) is 4.51. The number of benzene rings is 1. The van der Waals surface area contributed by atoms with Gasteiger partial charge in [-0.3, -0.25) is 0 Å². The van der Waals surface area contributed by atoms with Gasteiger partial charge in [0.15, 0.2) is 0 Å². The van der Waals surface area contributed by atoms with Gasteiger partial charge in [0.1, 0.15) is 12.4 Å². The van der Waals surface area contributed by atoms with Crippen molar-refractivity contribution in [2.45, 2.75) is 31.1 Å². The number of nitrogens with one attached hydrogen (secondary N) is 1. The second-order valence-corrected chi connectivity index (χ2v) is 5.93. The highest BCUT2D eigenvalue weighted by atomic mass is 32.2. The fourth-order valence-electron chi connectivity index (χ4n) is 2.12. The first-order chi connectivity index (χ1) is 8.36. The Morgan fingerprint density at radius 2 is 2.18 bits per heavy atom. The lowest BCUT2D eigenvalue weighted by Gasteiger charge is -2.29. The third-order valence-electron chi connectivity index (χ3n) is 3.13. The molecule has 2 atom stereocenters. The van der Waals surface area contributed by atoms with Gasteiger partial charge in [0.25, 0.3) is 0 Å². The van der Waals surface area contributed by atoms with Gasteiger partial charge in [0.05, 0.1) is 0 Å². The Labute approximate surface area is 108 Å². The number of hydrogen-bond donors (Lipinski definition) is 1. The molecule has 2 unspecified atom stereocenters. The Balaban J connectivity index is 1.63. The number of ether oxygens (including phenoxy) is 1. The predicted molar refractivity (Wildman–Crippen MR) is 74.9 cm³/mol. The SMILES string of the molecule is CC1SCCCC1NCCOc1ccccc1. The Kier molecular flexibility index (Phi) is 5.20. The molecular formula is C14H21NOS. The zero-order chi connectivity index (χ0) is 11.9. The lowest BCUT2D eigenvalue weighted by molar-refractivity contribution is 0.301. The molecule has 1 aliphatic rings. The fraction of sp³-hybridized carbons (Fsp3) is 0.571. The van der Waals surface area contributed by atoms with Crippen LogP contribution < -0.4 is 10.1 Å². The molecule has 1 aromatic rings. The molecule has 1 saturated heterocycles. The van der Waals surface area contributed by atoms with Crippen LogP contribution in [-0.4, -0.2) is 30.2 Å². The van der Waals surface area contributed by atoms with E-state index in [0.29, 0.717) is 6.04 Å². The monoisotopic (exact) mass is 251 g/mol. The van der Waals surface area contributed by atoms with Gasteiger partial charge in [0.2, 0.25) is 0 Å². The molecule has 1 aromatic carbocycles. The predicted octanol–water partition coefficient (Wildman–Crippen LogP) is 2.94. The molecule has 0 radical (unpaired) electrons. The standard InChI is InChI=1S/C14H21NOS/c1-12-14(8-5-11-17-12)15-9-10-16-13-6-3-2-4-7-13/h2-4,6-7,12,14-15H,5,8-11H2,1H3. The highest BCUT2D eigenvalue weighted by molar-refractivity contribution is 7.99. The first-order valence-electron chi connectivity index (χ1n) is 6.39. The molecule has 0 bridgehead atoms. The van der Waals surface area contributed by atoms with Crippen molar-refractivity contribution >= 4 is 11.8 Å². The highest BCUT2D eigenvalue weighted by Gasteiger charge is 2.20. The molecule has 1 heterocycles. The molecule has 1 fully saturated rings. The average molecular weight is 251 g/mol. The van der Waals surface area contributed by atoms with Crippen molar-refractivity contribution < 1.29 is 4.74 Å². The Morgan fingerprint density at radius 1 is 1.35 bits per heavy atom. The van der Waals surface area contributed by atoms with Crippen molar-refractivity contribution in [3.8, 4) is 5.75 Å². The van der Waals surface area contributed by atoms with Crippen molar-refractivity contribution in [3.05, 3.63) is 30.3 Å². The minimum absolute atomic E-state index is 0.660. The van der Waals surface area contributed by atoms with Crippen LogP contribution in [-0.2, 0) is 0 Å². The summed E-state index contributed by atoms with van der Waals surface area (Å²) in [5, 5.41) is 4.33. The van der Waals surface area contributed by atoms with E-state index in [2.05, 4.69) is 24.0 Å². The largest absolute Gasteiger partial charge is 0.492 e. The lowest BCUT2D eigenvalue weighted by Crippen LogP contribution is -2.41. The molecule has 1 aliphatic heterocycles. The van der Waals surface area contributed by atoms with Crippen LogP contribution in [0.4, 0.5) is 0 Å². The number of thioether (sulfide) groups is 1. The normalized spacial score (nSPS) is 24.5. The van der Waals surface area contributed by atoms with Crippen LogP contribution in [0.25, 0.3) is 0 Å². The van der Waals surface area contributed by atoms with Crippen LogP contribution in [0.3, 0.4) is 0 Å². The molecule has 0 aromatic heterocycles. The van der Waals surface area contributed by atoms with Crippen molar-refractivity contribution in [1.29, 1.82) is 0 Å². The van der Waals surface area contributed by atoms with Crippen LogP contribution in [0.2, 0.25) is 0 Å². The maximum atomic E-state index is 5.66. The van der Waals surface area contributed by atoms with Gasteiger partial charge in [-0.2, -0.15) is 11.8 Å². The molecule has 0 aliphatic carbocycles. The minimum Gasteiger partial charge on any atom is -0.492 e. The smallest absolute Gasteiger partial charge is 0.119 e. The lowest BCUT2D eigenvalue weighted by atomic mass is 10.1. The van der Waals surface area contributed by atoms with Gasteiger partial charge >= 0.3 is 0 Å². The number of hydrogen-bond acceptors (Lipinski definition) is 3. The van der Waals surface area contributed by atoms with E-state index in [1.165, 1.54) is 18.6 Å². The summed E-state index contributed by atoms with van der Waals surface area (Å²) in [6.45, 7) is 4.00. The van der Waals surface area contributed by atoms with E-state index in [9.17, 15) is 0 Å². The van der Waals surface area contributed by atoms with E-state index in [0.717, 1.165) is 24.2 Å². The molecule has 17 heavy (non-hydrogen) atoms. The van der Waals surface area contributed by atoms with Crippen LogP contribution in [0.5, 0.6) is 5.75 Å². The Hall–Kier alpha value is -0.670. The minimum atomic E-state index is 0.660. The van der Waals surface area contributed by atoms with Crippen LogP contribution in [0.1, 0.15) is 19.8 Å². The van der Waals surface area contributed by atoms with E-state index in [-0.39, 0.29) is 0 Å². The molecule has 0 saturated carbocycles. The first kappa shape index (κ1) is 12.8. The zero-order valence-corrected chi connectivity index (χ0v) is 11.2. The molecule has 0 spiro atoms. The Bertz CT molecular complexity index is 317. The van der Waals surface area contributed by atoms with E-state index in [4.69, 9.17) is 4.74 Å². The number of rotatable bonds is 5. The number of para-hydroxylation sites is 1. The van der Waals surface area contributed by atoms with Gasteiger partial charge in [-0.25, -0.2) is 0 Å². The first-order valence-corrected chi connectivity index (χ1v) is 7.44. The summed E-state index contributed by atoms with van der Waals surface area (Å²) >= 11 is 2.08. The average Bonchev–Trinajstić information content (AvgIpc) is 2.38. The summed E-state index contributed by atoms with van der Waals surface area (Å²) < 4.78 is 5.66. The molecule has 3 heteroatoms. The summed E-state index contributed by atoms with van der Waals surface area (Å²) in [6, 6.07) is 10.7. The summed E-state index contributed by atoms with van der Waals surface area (Å²) in [7, 11) is 0. The summed E-state index contributed by atoms with van der Waals surface area (Å²) in [5.74, 6) is 2.28. The second kappa shape index (κ2) is 6.92. The summed E-state index contributed by atoms with van der Waals surface area (Å²) in [4.78, 5) is 0. The molecule has 2 rings (SSSR count). The Morgan fingerprint density at radius 3 is 2.94 bits per heavy atom. The van der Waals surface area contributed by atoms with E-state index < -0.39 is 0 Å². The summed E-state index contributed by atoms with van der Waals surface area (Å²) in [6.07, 6.45) is 2.64.